The van der Waals surface area contributed by atoms with Crippen LogP contribution in [0, 0.1) is 11.3 Å². The monoisotopic (exact) mass is 318 g/mol. The van der Waals surface area contributed by atoms with Crippen LogP contribution in [0.3, 0.4) is 0 Å². The molecule has 126 valence electrons. The minimum absolute atomic E-state index is 0.0480. The summed E-state index contributed by atoms with van der Waals surface area (Å²) in [5, 5.41) is 0. The summed E-state index contributed by atoms with van der Waals surface area (Å²) in [5.74, 6) is 0.500. The summed E-state index contributed by atoms with van der Waals surface area (Å²) in [7, 11) is 1.85. The van der Waals surface area contributed by atoms with Crippen LogP contribution in [0.1, 0.15) is 56.1 Å². The van der Waals surface area contributed by atoms with Gasteiger partial charge in [0.1, 0.15) is 0 Å². The van der Waals surface area contributed by atoms with Crippen LogP contribution in [0.15, 0.2) is 16.9 Å². The highest BCUT2D eigenvalue weighted by atomic mass is 16.5. The second kappa shape index (κ2) is 5.48. The largest absolute Gasteiger partial charge is 0.377 e. The van der Waals surface area contributed by atoms with Gasteiger partial charge in [-0.05, 0) is 18.4 Å². The Morgan fingerprint density at radius 2 is 2.09 bits per heavy atom. The molecule has 3 rings (SSSR count). The van der Waals surface area contributed by atoms with Crippen LogP contribution in [0.2, 0.25) is 0 Å². The Morgan fingerprint density at radius 3 is 2.74 bits per heavy atom. The van der Waals surface area contributed by atoms with Gasteiger partial charge in [-0.2, -0.15) is 0 Å². The average Bonchev–Trinajstić information content (AvgIpc) is 2.91. The molecule has 1 saturated heterocycles. The van der Waals surface area contributed by atoms with E-state index >= 15 is 0 Å². The van der Waals surface area contributed by atoms with Gasteiger partial charge in [0.05, 0.1) is 6.10 Å². The molecule has 1 aliphatic carbocycles. The molecule has 5 nitrogen and oxygen atoms in total. The number of aromatic amines is 1. The molecular formula is C18H26N2O3. The molecule has 2 heterocycles. The van der Waals surface area contributed by atoms with Gasteiger partial charge in [0.2, 0.25) is 5.56 Å². The van der Waals surface area contributed by atoms with Crippen LogP contribution in [0.5, 0.6) is 0 Å². The van der Waals surface area contributed by atoms with Crippen molar-refractivity contribution >= 4 is 5.91 Å². The van der Waals surface area contributed by atoms with Crippen LogP contribution < -0.4 is 5.56 Å². The van der Waals surface area contributed by atoms with Crippen molar-refractivity contribution in [3.63, 3.8) is 0 Å². The van der Waals surface area contributed by atoms with Crippen molar-refractivity contribution in [2.45, 2.75) is 52.2 Å². The number of hydrogen-bond donors (Lipinski definition) is 1. The maximum atomic E-state index is 12.9. The molecule has 0 spiro atoms. The molecular weight excluding hydrogens is 292 g/mol. The van der Waals surface area contributed by atoms with Crippen LogP contribution in [0.4, 0.5) is 0 Å². The second-order valence-electron chi connectivity index (χ2n) is 7.77. The SMILES string of the molecule is CC(C)c1cc(C(=O)N(C)[C@@H]2[C@H]3CCO[C@H]3C2(C)C)cc(=O)[nH]1. The summed E-state index contributed by atoms with van der Waals surface area (Å²) in [4.78, 5) is 29.4. The van der Waals surface area contributed by atoms with E-state index in [2.05, 4.69) is 18.8 Å². The maximum Gasteiger partial charge on any atom is 0.254 e. The van der Waals surface area contributed by atoms with Gasteiger partial charge < -0.3 is 14.6 Å². The fourth-order valence-electron chi connectivity index (χ4n) is 4.41. The minimum Gasteiger partial charge on any atom is -0.377 e. The predicted octanol–water partition coefficient (Wildman–Crippen LogP) is 2.38. The first-order chi connectivity index (χ1) is 10.7. The van der Waals surface area contributed by atoms with Gasteiger partial charge in [-0.3, -0.25) is 9.59 Å². The zero-order chi connectivity index (χ0) is 16.9. The molecule has 3 atom stereocenters. The van der Waals surface area contributed by atoms with E-state index in [1.165, 1.54) is 6.07 Å². The van der Waals surface area contributed by atoms with Crippen molar-refractivity contribution in [3.05, 3.63) is 33.7 Å². The molecule has 5 heteroatoms. The highest BCUT2D eigenvalue weighted by Crippen LogP contribution is 2.54. The van der Waals surface area contributed by atoms with Gasteiger partial charge in [0, 0.05) is 48.4 Å². The van der Waals surface area contributed by atoms with Crippen molar-refractivity contribution < 1.29 is 9.53 Å². The lowest BCUT2D eigenvalue weighted by atomic mass is 9.56. The highest BCUT2D eigenvalue weighted by molar-refractivity contribution is 5.94. The molecule has 1 amide bonds. The Kier molecular flexibility index (Phi) is 3.87. The number of fused-ring (bicyclic) bond motifs is 1. The minimum atomic E-state index is -0.220. The molecule has 1 N–H and O–H groups in total. The topological polar surface area (TPSA) is 62.4 Å². The van der Waals surface area contributed by atoms with Gasteiger partial charge in [0.25, 0.3) is 5.91 Å². The number of carbonyl (C=O) groups is 1. The molecule has 1 aromatic heterocycles. The smallest absolute Gasteiger partial charge is 0.254 e. The lowest BCUT2D eigenvalue weighted by Gasteiger charge is -2.57. The van der Waals surface area contributed by atoms with Crippen molar-refractivity contribution in [1.29, 1.82) is 0 Å². The quantitative estimate of drug-likeness (QED) is 0.931. The van der Waals surface area contributed by atoms with E-state index in [-0.39, 0.29) is 34.9 Å². The Morgan fingerprint density at radius 1 is 1.39 bits per heavy atom. The van der Waals surface area contributed by atoms with Gasteiger partial charge in [-0.25, -0.2) is 0 Å². The van der Waals surface area contributed by atoms with E-state index in [9.17, 15) is 9.59 Å². The number of aromatic nitrogens is 1. The average molecular weight is 318 g/mol. The number of pyridine rings is 1. The first-order valence-corrected chi connectivity index (χ1v) is 8.36. The molecule has 1 aromatic rings. The first kappa shape index (κ1) is 16.2. The Hall–Kier alpha value is -1.62. The fourth-order valence-corrected chi connectivity index (χ4v) is 4.41. The van der Waals surface area contributed by atoms with Crippen molar-refractivity contribution in [3.8, 4) is 0 Å². The predicted molar refractivity (Wildman–Crippen MR) is 88.7 cm³/mol. The normalized spacial score (nSPS) is 28.3. The van der Waals surface area contributed by atoms with Crippen LogP contribution in [-0.4, -0.2) is 41.6 Å². The summed E-state index contributed by atoms with van der Waals surface area (Å²) < 4.78 is 5.81. The summed E-state index contributed by atoms with van der Waals surface area (Å²) in [6.07, 6.45) is 1.25. The Balaban J connectivity index is 1.87. The molecule has 0 radical (unpaired) electrons. The van der Waals surface area contributed by atoms with E-state index in [1.807, 2.05) is 25.8 Å². The number of rotatable bonds is 3. The Bertz CT molecular complexity index is 677. The molecule has 1 aliphatic heterocycles. The third-order valence-corrected chi connectivity index (χ3v) is 5.51. The summed E-state index contributed by atoms with van der Waals surface area (Å²) >= 11 is 0. The molecule has 2 aliphatic rings. The van der Waals surface area contributed by atoms with Crippen LogP contribution >= 0.6 is 0 Å². The number of ether oxygens (including phenoxy) is 1. The van der Waals surface area contributed by atoms with Crippen LogP contribution in [-0.2, 0) is 4.74 Å². The number of H-pyrrole nitrogens is 1. The van der Waals surface area contributed by atoms with E-state index in [0.29, 0.717) is 11.5 Å². The number of nitrogens with one attached hydrogen (secondary N) is 1. The molecule has 0 unspecified atom stereocenters. The molecule has 2 fully saturated rings. The Labute approximate surface area is 137 Å². The number of carbonyl (C=O) groups excluding carboxylic acids is 1. The standard InChI is InChI=1S/C18H26N2O3/c1-10(2)13-8-11(9-14(21)19-13)17(22)20(5)15-12-6-7-23-16(12)18(15,3)4/h8-10,12,15-16H,6-7H2,1-5H3,(H,19,21)/t12-,15-,16-/m1/s1. The van der Waals surface area contributed by atoms with Gasteiger partial charge >= 0.3 is 0 Å². The summed E-state index contributed by atoms with van der Waals surface area (Å²) in [6, 6.07) is 3.36. The van der Waals surface area contributed by atoms with Crippen molar-refractivity contribution in [1.82, 2.24) is 9.88 Å². The summed E-state index contributed by atoms with van der Waals surface area (Å²) in [5.41, 5.74) is 0.999. The molecule has 0 aromatic carbocycles. The van der Waals surface area contributed by atoms with E-state index in [4.69, 9.17) is 4.74 Å². The van der Waals surface area contributed by atoms with Gasteiger partial charge in [-0.1, -0.05) is 27.7 Å². The third-order valence-electron chi connectivity index (χ3n) is 5.51. The van der Waals surface area contributed by atoms with Crippen LogP contribution in [0.25, 0.3) is 0 Å². The van der Waals surface area contributed by atoms with Crippen molar-refractivity contribution in [2.75, 3.05) is 13.7 Å². The lowest BCUT2D eigenvalue weighted by molar-refractivity contribution is -0.139. The van der Waals surface area contributed by atoms with E-state index in [1.54, 1.807) is 6.07 Å². The zero-order valence-corrected chi connectivity index (χ0v) is 14.6. The van der Waals surface area contributed by atoms with Crippen molar-refractivity contribution in [2.24, 2.45) is 11.3 Å². The maximum absolute atomic E-state index is 12.9. The lowest BCUT2D eigenvalue weighted by Crippen LogP contribution is -2.66. The molecule has 23 heavy (non-hydrogen) atoms. The third kappa shape index (κ3) is 2.51. The van der Waals surface area contributed by atoms with E-state index in [0.717, 1.165) is 18.7 Å². The molecule has 1 saturated carbocycles. The fraction of sp³-hybridized carbons (Fsp3) is 0.667. The zero-order valence-electron chi connectivity index (χ0n) is 14.6. The van der Waals surface area contributed by atoms with Gasteiger partial charge in [0.15, 0.2) is 0 Å². The first-order valence-electron chi connectivity index (χ1n) is 8.36. The number of hydrogen-bond acceptors (Lipinski definition) is 3. The second-order valence-corrected chi connectivity index (χ2v) is 7.77. The number of amides is 1. The summed E-state index contributed by atoms with van der Waals surface area (Å²) in [6.45, 7) is 9.09. The van der Waals surface area contributed by atoms with Gasteiger partial charge in [-0.15, -0.1) is 0 Å². The highest BCUT2D eigenvalue weighted by Gasteiger charge is 2.61. The molecule has 0 bridgehead atoms. The van der Waals surface area contributed by atoms with E-state index < -0.39 is 0 Å². The number of nitrogens with zero attached hydrogens (tertiary/aromatic N) is 1.